The van der Waals surface area contributed by atoms with E-state index in [1.54, 1.807) is 14.0 Å². The number of esters is 1. The van der Waals surface area contributed by atoms with Crippen molar-refractivity contribution in [2.45, 2.75) is 26.4 Å². The van der Waals surface area contributed by atoms with Gasteiger partial charge in [-0.1, -0.05) is 30.3 Å². The molecule has 0 radical (unpaired) electrons. The summed E-state index contributed by atoms with van der Waals surface area (Å²) in [5.41, 5.74) is 7.96. The maximum Gasteiger partial charge on any atom is 0.341 e. The Labute approximate surface area is 151 Å². The number of carbonyl (C=O) groups excluding carboxylic acids is 2. The van der Waals surface area contributed by atoms with Gasteiger partial charge < -0.3 is 21.1 Å². The van der Waals surface area contributed by atoms with Crippen molar-refractivity contribution in [2.24, 2.45) is 0 Å². The van der Waals surface area contributed by atoms with Gasteiger partial charge in [0.2, 0.25) is 0 Å². The molecule has 2 aromatic rings. The normalized spacial score (nSPS) is 11.8. The second-order valence-corrected chi connectivity index (χ2v) is 6.51. The zero-order chi connectivity index (χ0) is 18.4. The van der Waals surface area contributed by atoms with E-state index in [-0.39, 0.29) is 24.1 Å². The number of ether oxygens (including phenoxy) is 1. The summed E-state index contributed by atoms with van der Waals surface area (Å²) < 4.78 is 5.10. The fourth-order valence-electron chi connectivity index (χ4n) is 2.49. The molecule has 134 valence electrons. The lowest BCUT2D eigenvalue weighted by Gasteiger charge is -2.15. The molecule has 0 saturated heterocycles. The lowest BCUT2D eigenvalue weighted by molar-refractivity contribution is 0.0526. The predicted octanol–water partition coefficient (Wildman–Crippen LogP) is 2.72. The topological polar surface area (TPSA) is 93.5 Å². The molecule has 2 rings (SSSR count). The molecule has 0 bridgehead atoms. The van der Waals surface area contributed by atoms with E-state index in [2.05, 4.69) is 10.6 Å². The van der Waals surface area contributed by atoms with E-state index in [0.29, 0.717) is 22.0 Å². The van der Waals surface area contributed by atoms with E-state index in [1.165, 1.54) is 0 Å². The lowest BCUT2D eigenvalue weighted by Crippen LogP contribution is -2.24. The van der Waals surface area contributed by atoms with Crippen molar-refractivity contribution in [1.82, 2.24) is 10.6 Å². The van der Waals surface area contributed by atoms with Crippen molar-refractivity contribution in [1.29, 1.82) is 0 Å². The quantitative estimate of drug-likeness (QED) is 0.659. The fraction of sp³-hybridized carbons (Fsp3) is 0.333. The molecule has 6 nitrogen and oxygen atoms in total. The maximum atomic E-state index is 12.3. The second kappa shape index (κ2) is 8.64. The van der Waals surface area contributed by atoms with Crippen LogP contribution in [0.4, 0.5) is 5.00 Å². The maximum absolute atomic E-state index is 12.3. The number of nitrogens with two attached hydrogens (primary N) is 1. The molecule has 0 unspecified atom stereocenters. The number of rotatable bonds is 7. The van der Waals surface area contributed by atoms with Gasteiger partial charge in [0.25, 0.3) is 5.91 Å². The Hall–Kier alpha value is -2.38. The van der Waals surface area contributed by atoms with E-state index in [4.69, 9.17) is 10.5 Å². The molecule has 1 heterocycles. The van der Waals surface area contributed by atoms with Crippen LogP contribution in [0, 0.1) is 0 Å². The van der Waals surface area contributed by atoms with Crippen molar-refractivity contribution in [3.05, 3.63) is 51.9 Å². The third-order valence-corrected chi connectivity index (χ3v) is 4.89. The average molecular weight is 361 g/mol. The molecule has 0 aliphatic heterocycles. The Morgan fingerprint density at radius 2 is 1.96 bits per heavy atom. The molecule has 0 fully saturated rings. The zero-order valence-electron chi connectivity index (χ0n) is 14.6. The molecule has 7 heteroatoms. The number of thiophene rings is 1. The summed E-state index contributed by atoms with van der Waals surface area (Å²) in [6, 6.07) is 9.98. The van der Waals surface area contributed by atoms with Crippen LogP contribution in [0.1, 0.15) is 51.0 Å². The Morgan fingerprint density at radius 1 is 1.28 bits per heavy atom. The highest BCUT2D eigenvalue weighted by Gasteiger charge is 2.26. The molecule has 0 aliphatic carbocycles. The number of carbonyl (C=O) groups is 2. The number of amides is 1. The van der Waals surface area contributed by atoms with E-state index in [9.17, 15) is 9.59 Å². The van der Waals surface area contributed by atoms with Gasteiger partial charge in [0, 0.05) is 25.2 Å². The van der Waals surface area contributed by atoms with Gasteiger partial charge in [-0.15, -0.1) is 11.3 Å². The van der Waals surface area contributed by atoms with E-state index in [1.807, 2.05) is 37.3 Å². The summed E-state index contributed by atoms with van der Waals surface area (Å²) in [5.74, 6) is -0.771. The summed E-state index contributed by atoms with van der Waals surface area (Å²) in [6.45, 7) is 4.33. The second-order valence-electron chi connectivity index (χ2n) is 5.46. The van der Waals surface area contributed by atoms with Crippen molar-refractivity contribution >= 4 is 28.2 Å². The van der Waals surface area contributed by atoms with Crippen LogP contribution in [-0.2, 0) is 11.3 Å². The zero-order valence-corrected chi connectivity index (χ0v) is 15.4. The summed E-state index contributed by atoms with van der Waals surface area (Å²) in [7, 11) is 1.55. The first-order valence-electron chi connectivity index (χ1n) is 8.08. The molecule has 1 amide bonds. The van der Waals surface area contributed by atoms with E-state index >= 15 is 0 Å². The van der Waals surface area contributed by atoms with Crippen molar-refractivity contribution < 1.29 is 14.3 Å². The minimum absolute atomic E-state index is 0.0508. The van der Waals surface area contributed by atoms with E-state index in [0.717, 1.165) is 16.9 Å². The molecule has 4 N–H and O–H groups in total. The van der Waals surface area contributed by atoms with Gasteiger partial charge in [-0.2, -0.15) is 0 Å². The Morgan fingerprint density at radius 3 is 2.56 bits per heavy atom. The number of hydrogen-bond donors (Lipinski definition) is 3. The summed E-state index contributed by atoms with van der Waals surface area (Å²) in [6.07, 6.45) is 0. The average Bonchev–Trinajstić information content (AvgIpc) is 2.96. The predicted molar refractivity (Wildman–Crippen MR) is 99.8 cm³/mol. The number of benzene rings is 1. The highest BCUT2D eigenvalue weighted by molar-refractivity contribution is 7.18. The van der Waals surface area contributed by atoms with Gasteiger partial charge >= 0.3 is 5.97 Å². The minimum atomic E-state index is -0.504. The van der Waals surface area contributed by atoms with E-state index < -0.39 is 5.97 Å². The molecule has 1 atom stereocenters. The van der Waals surface area contributed by atoms with Crippen LogP contribution in [-0.4, -0.2) is 25.5 Å². The summed E-state index contributed by atoms with van der Waals surface area (Å²) in [5, 5.41) is 6.23. The third-order valence-electron chi connectivity index (χ3n) is 3.83. The smallest absolute Gasteiger partial charge is 0.341 e. The van der Waals surface area contributed by atoms with Crippen molar-refractivity contribution in [2.75, 3.05) is 19.4 Å². The highest BCUT2D eigenvalue weighted by Crippen LogP contribution is 2.32. The first-order chi connectivity index (χ1) is 12.0. The Balaban J connectivity index is 2.30. The molecule has 0 saturated carbocycles. The van der Waals surface area contributed by atoms with Crippen LogP contribution in [0.25, 0.3) is 0 Å². The standard InChI is InChI=1S/C18H23N3O3S/c1-4-24-18(23)14-13(15(17(22)20-3)25-16(14)19)10-21-11(2)12-8-6-5-7-9-12/h5-9,11,21H,4,10,19H2,1-3H3,(H,20,22)/t11-/m0/s1. The van der Waals surface area contributed by atoms with Gasteiger partial charge in [-0.25, -0.2) is 4.79 Å². The van der Waals surface area contributed by atoms with Crippen LogP contribution in [0.3, 0.4) is 0 Å². The third kappa shape index (κ3) is 4.37. The van der Waals surface area contributed by atoms with Crippen LogP contribution < -0.4 is 16.4 Å². The number of nitrogen functional groups attached to an aromatic ring is 1. The molecule has 0 aliphatic rings. The molecular formula is C18H23N3O3S. The molecule has 1 aromatic carbocycles. The lowest BCUT2D eigenvalue weighted by atomic mass is 10.1. The number of anilines is 1. The van der Waals surface area contributed by atoms with Gasteiger partial charge in [-0.3, -0.25) is 4.79 Å². The van der Waals surface area contributed by atoms with Crippen molar-refractivity contribution in [3.63, 3.8) is 0 Å². The molecule has 0 spiro atoms. The fourth-order valence-corrected chi connectivity index (χ4v) is 3.51. The number of hydrogen-bond acceptors (Lipinski definition) is 6. The summed E-state index contributed by atoms with van der Waals surface area (Å²) in [4.78, 5) is 24.9. The van der Waals surface area contributed by atoms with Crippen LogP contribution >= 0.6 is 11.3 Å². The van der Waals surface area contributed by atoms with Crippen LogP contribution in [0.5, 0.6) is 0 Å². The molecular weight excluding hydrogens is 338 g/mol. The SMILES string of the molecule is CCOC(=O)c1c(N)sc(C(=O)NC)c1CN[C@@H](C)c1ccccc1. The largest absolute Gasteiger partial charge is 0.462 e. The summed E-state index contributed by atoms with van der Waals surface area (Å²) >= 11 is 1.10. The van der Waals surface area contributed by atoms with Gasteiger partial charge in [-0.05, 0) is 19.4 Å². The molecule has 1 aromatic heterocycles. The van der Waals surface area contributed by atoms with Crippen molar-refractivity contribution in [3.8, 4) is 0 Å². The number of nitrogens with one attached hydrogen (secondary N) is 2. The first-order valence-corrected chi connectivity index (χ1v) is 8.89. The van der Waals surface area contributed by atoms with Gasteiger partial charge in [0.1, 0.15) is 5.00 Å². The Bertz CT molecular complexity index is 744. The molecule has 25 heavy (non-hydrogen) atoms. The minimum Gasteiger partial charge on any atom is -0.462 e. The van der Waals surface area contributed by atoms with Gasteiger partial charge in [0.15, 0.2) is 0 Å². The highest BCUT2D eigenvalue weighted by atomic mass is 32.1. The van der Waals surface area contributed by atoms with Crippen LogP contribution in [0.2, 0.25) is 0 Å². The Kier molecular flexibility index (Phi) is 6.55. The van der Waals surface area contributed by atoms with Crippen LogP contribution in [0.15, 0.2) is 30.3 Å². The monoisotopic (exact) mass is 361 g/mol. The van der Waals surface area contributed by atoms with Gasteiger partial charge in [0.05, 0.1) is 17.0 Å². The first kappa shape index (κ1) is 19.0.